The van der Waals surface area contributed by atoms with Crippen LogP contribution in [-0.4, -0.2) is 48.7 Å². The maximum absolute atomic E-state index is 10.6. The number of rotatable bonds is 5. The highest BCUT2D eigenvalue weighted by molar-refractivity contribution is 5.85. The minimum absolute atomic E-state index is 0. The number of non-ortho nitro benzene ring substituents is 1. The molecule has 2 N–H and O–H groups in total. The molecule has 1 saturated heterocycles. The van der Waals surface area contributed by atoms with Gasteiger partial charge in [0.15, 0.2) is 0 Å². The van der Waals surface area contributed by atoms with E-state index in [2.05, 4.69) is 4.90 Å². The number of morpholine rings is 1. The second-order valence-corrected chi connectivity index (χ2v) is 4.70. The van der Waals surface area contributed by atoms with Crippen molar-refractivity contribution in [3.05, 3.63) is 39.9 Å². The normalized spacial score (nSPS) is 19.4. The monoisotopic (exact) mass is 301 g/mol. The number of hydrogen-bond acceptors (Lipinski definition) is 5. The van der Waals surface area contributed by atoms with Crippen molar-refractivity contribution in [3.8, 4) is 0 Å². The Balaban J connectivity index is 0.00000200. The molecule has 20 heavy (non-hydrogen) atoms. The zero-order valence-electron chi connectivity index (χ0n) is 11.2. The first-order valence-electron chi connectivity index (χ1n) is 6.46. The Morgan fingerprint density at radius 3 is 2.70 bits per heavy atom. The highest BCUT2D eigenvalue weighted by Crippen LogP contribution is 2.13. The molecular formula is C13H20ClN3O3. The molecular weight excluding hydrogens is 282 g/mol. The third-order valence-corrected chi connectivity index (χ3v) is 3.35. The molecule has 1 fully saturated rings. The Kier molecular flexibility index (Phi) is 6.87. The predicted octanol–water partition coefficient (Wildman–Crippen LogP) is 1.22. The first-order chi connectivity index (χ1) is 9.19. The second kappa shape index (κ2) is 8.16. The number of halogens is 1. The molecule has 1 aliphatic rings. The first-order valence-corrected chi connectivity index (χ1v) is 6.46. The first kappa shape index (κ1) is 16.8. The summed E-state index contributed by atoms with van der Waals surface area (Å²) in [6.45, 7) is 3.99. The molecule has 7 heteroatoms. The van der Waals surface area contributed by atoms with Gasteiger partial charge in [-0.2, -0.15) is 0 Å². The molecule has 1 aromatic carbocycles. The van der Waals surface area contributed by atoms with Gasteiger partial charge in [-0.1, -0.05) is 12.1 Å². The van der Waals surface area contributed by atoms with Crippen molar-refractivity contribution in [1.82, 2.24) is 4.90 Å². The number of nitrogens with two attached hydrogens (primary N) is 1. The van der Waals surface area contributed by atoms with E-state index in [0.717, 1.165) is 38.2 Å². The Hall–Kier alpha value is -1.21. The van der Waals surface area contributed by atoms with Crippen molar-refractivity contribution < 1.29 is 9.66 Å². The van der Waals surface area contributed by atoms with Crippen molar-refractivity contribution in [2.45, 2.75) is 12.5 Å². The summed E-state index contributed by atoms with van der Waals surface area (Å²) in [5, 5.41) is 10.6. The summed E-state index contributed by atoms with van der Waals surface area (Å²) in [7, 11) is 0. The third kappa shape index (κ3) is 4.72. The van der Waals surface area contributed by atoms with Crippen molar-refractivity contribution in [2.24, 2.45) is 5.73 Å². The fourth-order valence-electron chi connectivity index (χ4n) is 2.20. The lowest BCUT2D eigenvalue weighted by Gasteiger charge is -2.32. The van der Waals surface area contributed by atoms with Crippen LogP contribution in [0.2, 0.25) is 0 Å². The van der Waals surface area contributed by atoms with Gasteiger partial charge in [-0.15, -0.1) is 12.4 Å². The maximum atomic E-state index is 10.6. The quantitative estimate of drug-likeness (QED) is 0.653. The minimum Gasteiger partial charge on any atom is -0.374 e. The molecule has 1 heterocycles. The lowest BCUT2D eigenvalue weighted by atomic mass is 10.1. The number of nitro groups is 1. The molecule has 0 aliphatic carbocycles. The van der Waals surface area contributed by atoms with Gasteiger partial charge in [-0.3, -0.25) is 15.0 Å². The molecule has 1 unspecified atom stereocenters. The summed E-state index contributed by atoms with van der Waals surface area (Å²) in [6.07, 6.45) is 1.01. The van der Waals surface area contributed by atoms with Gasteiger partial charge in [-0.05, 0) is 12.0 Å². The van der Waals surface area contributed by atoms with E-state index in [4.69, 9.17) is 10.5 Å². The van der Waals surface area contributed by atoms with Crippen LogP contribution in [0.15, 0.2) is 24.3 Å². The molecule has 0 bridgehead atoms. The number of benzene rings is 1. The van der Waals surface area contributed by atoms with Crippen LogP contribution in [0.4, 0.5) is 5.69 Å². The van der Waals surface area contributed by atoms with E-state index in [1.807, 2.05) is 12.1 Å². The van der Waals surface area contributed by atoms with Gasteiger partial charge in [0.05, 0.1) is 17.6 Å². The molecule has 0 aromatic heterocycles. The largest absolute Gasteiger partial charge is 0.374 e. The van der Waals surface area contributed by atoms with Crippen LogP contribution < -0.4 is 5.73 Å². The van der Waals surface area contributed by atoms with Crippen LogP contribution >= 0.6 is 12.4 Å². The summed E-state index contributed by atoms with van der Waals surface area (Å²) in [5.41, 5.74) is 6.85. The zero-order chi connectivity index (χ0) is 13.7. The molecule has 0 amide bonds. The van der Waals surface area contributed by atoms with Gasteiger partial charge in [0.25, 0.3) is 5.69 Å². The van der Waals surface area contributed by atoms with Gasteiger partial charge >= 0.3 is 0 Å². The summed E-state index contributed by atoms with van der Waals surface area (Å²) >= 11 is 0. The van der Waals surface area contributed by atoms with Crippen LogP contribution in [0.5, 0.6) is 0 Å². The van der Waals surface area contributed by atoms with Gasteiger partial charge in [0.1, 0.15) is 0 Å². The SMILES string of the molecule is Cl.NCC1CN(CCc2ccc([N+](=O)[O-])cc2)CCO1. The molecule has 0 spiro atoms. The van der Waals surface area contributed by atoms with Gasteiger partial charge in [0, 0.05) is 38.3 Å². The summed E-state index contributed by atoms with van der Waals surface area (Å²) in [5.74, 6) is 0. The average molecular weight is 302 g/mol. The highest BCUT2D eigenvalue weighted by Gasteiger charge is 2.18. The molecule has 1 aliphatic heterocycles. The summed E-state index contributed by atoms with van der Waals surface area (Å²) in [4.78, 5) is 12.5. The molecule has 0 saturated carbocycles. The predicted molar refractivity (Wildman–Crippen MR) is 79.3 cm³/mol. The van der Waals surface area contributed by atoms with Gasteiger partial charge in [-0.25, -0.2) is 0 Å². The Morgan fingerprint density at radius 2 is 2.10 bits per heavy atom. The Morgan fingerprint density at radius 1 is 1.40 bits per heavy atom. The van der Waals surface area contributed by atoms with Crippen LogP contribution in [0.3, 0.4) is 0 Å². The van der Waals surface area contributed by atoms with Crippen molar-refractivity contribution in [2.75, 3.05) is 32.8 Å². The molecule has 0 radical (unpaired) electrons. The maximum Gasteiger partial charge on any atom is 0.269 e. The van der Waals surface area contributed by atoms with E-state index in [-0.39, 0.29) is 29.1 Å². The zero-order valence-corrected chi connectivity index (χ0v) is 12.1. The second-order valence-electron chi connectivity index (χ2n) is 4.70. The topological polar surface area (TPSA) is 81.6 Å². The van der Waals surface area contributed by atoms with E-state index in [9.17, 15) is 10.1 Å². The molecule has 1 atom stereocenters. The van der Waals surface area contributed by atoms with Crippen LogP contribution in [0, 0.1) is 10.1 Å². The fourth-order valence-corrected chi connectivity index (χ4v) is 2.20. The number of nitro benzene ring substituents is 1. The molecule has 112 valence electrons. The van der Waals surface area contributed by atoms with E-state index in [0.29, 0.717) is 6.54 Å². The standard InChI is InChI=1S/C13H19N3O3.ClH/c14-9-13-10-15(7-8-19-13)6-5-11-1-3-12(4-2-11)16(17)18;/h1-4,13H,5-10,14H2;1H. The summed E-state index contributed by atoms with van der Waals surface area (Å²) < 4.78 is 5.51. The minimum atomic E-state index is -0.377. The van der Waals surface area contributed by atoms with Crippen LogP contribution in [0.25, 0.3) is 0 Å². The number of nitrogens with zero attached hydrogens (tertiary/aromatic N) is 2. The Bertz CT molecular complexity index is 427. The van der Waals surface area contributed by atoms with Crippen molar-refractivity contribution in [3.63, 3.8) is 0 Å². The lowest BCUT2D eigenvalue weighted by molar-refractivity contribution is -0.384. The molecule has 6 nitrogen and oxygen atoms in total. The van der Waals surface area contributed by atoms with E-state index in [1.165, 1.54) is 0 Å². The van der Waals surface area contributed by atoms with Crippen molar-refractivity contribution >= 4 is 18.1 Å². The number of ether oxygens (including phenoxy) is 1. The van der Waals surface area contributed by atoms with E-state index < -0.39 is 0 Å². The molecule has 2 rings (SSSR count). The van der Waals surface area contributed by atoms with Gasteiger partial charge < -0.3 is 10.5 Å². The van der Waals surface area contributed by atoms with Gasteiger partial charge in [0.2, 0.25) is 0 Å². The fraction of sp³-hybridized carbons (Fsp3) is 0.538. The highest BCUT2D eigenvalue weighted by atomic mass is 35.5. The van der Waals surface area contributed by atoms with Crippen LogP contribution in [0.1, 0.15) is 5.56 Å². The van der Waals surface area contributed by atoms with Crippen LogP contribution in [-0.2, 0) is 11.2 Å². The molecule has 1 aromatic rings. The lowest BCUT2D eigenvalue weighted by Crippen LogP contribution is -2.46. The van der Waals surface area contributed by atoms with E-state index >= 15 is 0 Å². The Labute approximate surface area is 124 Å². The average Bonchev–Trinajstić information content (AvgIpc) is 2.46. The smallest absolute Gasteiger partial charge is 0.269 e. The summed E-state index contributed by atoms with van der Waals surface area (Å²) in [6, 6.07) is 6.74. The third-order valence-electron chi connectivity index (χ3n) is 3.35. The number of hydrogen-bond donors (Lipinski definition) is 1. The van der Waals surface area contributed by atoms with E-state index in [1.54, 1.807) is 12.1 Å². The van der Waals surface area contributed by atoms with Crippen molar-refractivity contribution in [1.29, 1.82) is 0 Å².